The summed E-state index contributed by atoms with van der Waals surface area (Å²) < 4.78 is 0. The molecule has 0 spiro atoms. The molecule has 4 saturated heterocycles. The van der Waals surface area contributed by atoms with E-state index in [4.69, 9.17) is 0 Å². The van der Waals surface area contributed by atoms with Crippen LogP contribution in [0.1, 0.15) is 121 Å². The lowest BCUT2D eigenvalue weighted by Crippen LogP contribution is -2.51. The van der Waals surface area contributed by atoms with Gasteiger partial charge in [0, 0.05) is 36.0 Å². The Hall–Kier alpha value is -6.48. The second-order valence-electron chi connectivity index (χ2n) is 21.0. The average molecular weight is 1010 g/mol. The van der Waals surface area contributed by atoms with Gasteiger partial charge in [0.15, 0.2) is 0 Å². The fraction of sp³-hybridized carbons (Fsp3) is 0.314. The molecule has 4 unspecified atom stereocenters. The van der Waals surface area contributed by atoms with Gasteiger partial charge in [-0.3, -0.25) is 0 Å². The van der Waals surface area contributed by atoms with Crippen LogP contribution in [0.4, 0.5) is 0 Å². The second-order valence-corrected chi connectivity index (χ2v) is 21.0. The highest BCUT2D eigenvalue weighted by molar-refractivity contribution is 5.41. The van der Waals surface area contributed by atoms with Gasteiger partial charge in [0.05, 0.1) is 0 Å². The highest BCUT2D eigenvalue weighted by Gasteiger charge is 2.42. The maximum atomic E-state index is 11.5. The van der Waals surface area contributed by atoms with Crippen LogP contribution in [0.3, 0.4) is 0 Å². The molecular formula is C70H80N4O2. The van der Waals surface area contributed by atoms with Gasteiger partial charge in [-0.05, 0) is 122 Å². The minimum Gasteiger partial charge on any atom is -0.379 e. The van der Waals surface area contributed by atoms with Gasteiger partial charge < -0.3 is 31.5 Å². The Morgan fingerprint density at radius 1 is 0.276 bits per heavy atom. The highest BCUT2D eigenvalue weighted by atomic mass is 16.3. The third-order valence-electron chi connectivity index (χ3n) is 16.1. The molecule has 0 saturated carbocycles. The van der Waals surface area contributed by atoms with Gasteiger partial charge in [-0.1, -0.05) is 255 Å². The summed E-state index contributed by atoms with van der Waals surface area (Å²) in [6.45, 7) is 4.26. The number of hydrogen-bond acceptors (Lipinski definition) is 6. The van der Waals surface area contributed by atoms with Crippen LogP contribution in [0.2, 0.25) is 0 Å². The van der Waals surface area contributed by atoms with E-state index in [1.54, 1.807) is 0 Å². The zero-order valence-corrected chi connectivity index (χ0v) is 44.4. The topological polar surface area (TPSA) is 88.6 Å². The summed E-state index contributed by atoms with van der Waals surface area (Å²) in [7, 11) is 0. The first-order valence-corrected chi connectivity index (χ1v) is 28.3. The molecule has 4 atom stereocenters. The zero-order chi connectivity index (χ0) is 52.1. The van der Waals surface area contributed by atoms with Crippen LogP contribution in [0.5, 0.6) is 0 Å². The number of piperidine rings is 2. The summed E-state index contributed by atoms with van der Waals surface area (Å²) in [4.78, 5) is 0. The van der Waals surface area contributed by atoms with Gasteiger partial charge in [-0.25, -0.2) is 0 Å². The van der Waals surface area contributed by atoms with Crippen molar-refractivity contribution in [3.8, 4) is 0 Å². The molecule has 4 aliphatic rings. The van der Waals surface area contributed by atoms with E-state index in [9.17, 15) is 10.2 Å². The second kappa shape index (κ2) is 28.1. The van der Waals surface area contributed by atoms with Crippen LogP contribution >= 0.6 is 0 Å². The van der Waals surface area contributed by atoms with Crippen molar-refractivity contribution in [2.24, 2.45) is 0 Å². The predicted octanol–water partition coefficient (Wildman–Crippen LogP) is 13.3. The molecule has 8 aromatic carbocycles. The fourth-order valence-corrected chi connectivity index (χ4v) is 12.3. The first-order chi connectivity index (χ1) is 37.5. The Labute approximate surface area is 454 Å². The van der Waals surface area contributed by atoms with Gasteiger partial charge >= 0.3 is 0 Å². The van der Waals surface area contributed by atoms with Gasteiger partial charge in [0.25, 0.3) is 0 Å². The average Bonchev–Trinajstić information content (AvgIpc) is 4.28. The van der Waals surface area contributed by atoms with E-state index in [-0.39, 0.29) is 12.1 Å². The third-order valence-corrected chi connectivity index (χ3v) is 16.1. The lowest BCUT2D eigenvalue weighted by Gasteiger charge is -2.40. The van der Waals surface area contributed by atoms with Gasteiger partial charge in [0.2, 0.25) is 0 Å². The van der Waals surface area contributed by atoms with Crippen LogP contribution in [-0.4, -0.2) is 60.6 Å². The molecule has 0 bridgehead atoms. The molecule has 76 heavy (non-hydrogen) atoms. The van der Waals surface area contributed by atoms with Crippen molar-refractivity contribution in [2.45, 2.75) is 111 Å². The Bertz CT molecular complexity index is 2640. The molecule has 8 aromatic rings. The van der Waals surface area contributed by atoms with E-state index in [1.165, 1.54) is 67.2 Å². The van der Waals surface area contributed by atoms with Crippen molar-refractivity contribution in [3.63, 3.8) is 0 Å². The normalized spacial score (nSPS) is 19.5. The molecule has 6 N–H and O–H groups in total. The molecule has 6 nitrogen and oxygen atoms in total. The lowest BCUT2D eigenvalue weighted by molar-refractivity contribution is 0.0268. The van der Waals surface area contributed by atoms with Crippen molar-refractivity contribution >= 4 is 0 Å². The van der Waals surface area contributed by atoms with E-state index in [2.05, 4.69) is 143 Å². The number of rotatable bonds is 12. The minimum absolute atomic E-state index is 0.0704. The molecule has 392 valence electrons. The summed E-state index contributed by atoms with van der Waals surface area (Å²) in [6.07, 6.45) is 12.0. The monoisotopic (exact) mass is 1010 g/mol. The Morgan fingerprint density at radius 2 is 0.513 bits per heavy atom. The number of benzene rings is 8. The molecule has 0 amide bonds. The molecular weight excluding hydrogens is 929 g/mol. The summed E-state index contributed by atoms with van der Waals surface area (Å²) in [6, 6.07) is 84.8. The predicted molar refractivity (Wildman–Crippen MR) is 315 cm³/mol. The molecule has 4 fully saturated rings. The summed E-state index contributed by atoms with van der Waals surface area (Å²) in [5, 5.41) is 37.2. The van der Waals surface area contributed by atoms with Crippen LogP contribution in [0.15, 0.2) is 243 Å². The van der Waals surface area contributed by atoms with E-state index in [1.807, 2.05) is 121 Å². The smallest absolute Gasteiger partial charge is 0.130 e. The van der Waals surface area contributed by atoms with Gasteiger partial charge in [0.1, 0.15) is 11.2 Å². The van der Waals surface area contributed by atoms with Crippen LogP contribution in [0, 0.1) is 0 Å². The fourth-order valence-electron chi connectivity index (χ4n) is 12.3. The van der Waals surface area contributed by atoms with E-state index < -0.39 is 11.2 Å². The Balaban J connectivity index is 0.000000124. The van der Waals surface area contributed by atoms with Crippen molar-refractivity contribution in [3.05, 3.63) is 287 Å². The van der Waals surface area contributed by atoms with Crippen LogP contribution < -0.4 is 21.3 Å². The highest BCUT2D eigenvalue weighted by Crippen LogP contribution is 2.38. The first kappa shape index (κ1) is 54.3. The molecule has 4 heterocycles. The lowest BCUT2D eigenvalue weighted by atomic mass is 9.77. The minimum atomic E-state index is -0.955. The van der Waals surface area contributed by atoms with Crippen LogP contribution in [0.25, 0.3) is 0 Å². The standard InChI is InChI=1S/C18H21NO.C18H21N.C17H19NO.C17H19N/c20-18(15-9-3-1-4-10-15,16-11-5-2-6-12-16)17-13-7-8-14-19-17;1-3-9-15(10-4-1)18(16-11-5-2-6-12-16)17-13-7-8-14-19-17;19-17(16-12-7-13-18-16,14-8-3-1-4-9-14)15-10-5-2-6-11-15;1-3-8-14(9-4-1)17(16-12-7-13-18-16)15-10-5-2-6-11-15/h1-6,9-12,17,19-20H,7-8,13-14H2;1-6,9-12,17-19H,7-8,13-14H2;1-6,8-11,16,18-19H,7,12-13H2;1-6,8-11,16-18H,7,12-13H2. The summed E-state index contributed by atoms with van der Waals surface area (Å²) in [5.74, 6) is 0.956. The van der Waals surface area contributed by atoms with Crippen LogP contribution in [-0.2, 0) is 11.2 Å². The third kappa shape index (κ3) is 13.7. The SMILES string of the molecule is OC(c1ccccc1)(c1ccccc1)C1CCCCN1.OC(c1ccccc1)(c1ccccc1)C1CCCN1.c1ccc(C(c2ccccc2)C2CCCCN2)cc1.c1ccc(C(c2ccccc2)C2CCCN2)cc1. The van der Waals surface area contributed by atoms with Crippen molar-refractivity contribution in [1.29, 1.82) is 0 Å². The molecule has 0 radical (unpaired) electrons. The summed E-state index contributed by atoms with van der Waals surface area (Å²) in [5.41, 5.74) is 7.63. The Kier molecular flexibility index (Phi) is 20.1. The number of nitrogens with one attached hydrogen (secondary N) is 4. The van der Waals surface area contributed by atoms with Crippen molar-refractivity contribution in [2.75, 3.05) is 26.2 Å². The zero-order valence-electron chi connectivity index (χ0n) is 44.4. The maximum Gasteiger partial charge on any atom is 0.130 e. The quantitative estimate of drug-likeness (QED) is 0.0731. The van der Waals surface area contributed by atoms with Gasteiger partial charge in [-0.2, -0.15) is 0 Å². The molecule has 4 aliphatic heterocycles. The molecule has 0 aromatic heterocycles. The maximum absolute atomic E-state index is 11.5. The summed E-state index contributed by atoms with van der Waals surface area (Å²) >= 11 is 0. The molecule has 6 heteroatoms. The van der Waals surface area contributed by atoms with E-state index in [0.717, 1.165) is 67.7 Å². The largest absolute Gasteiger partial charge is 0.379 e. The first-order valence-electron chi connectivity index (χ1n) is 28.3. The molecule has 12 rings (SSSR count). The van der Waals surface area contributed by atoms with Gasteiger partial charge in [-0.15, -0.1) is 0 Å². The number of hydrogen-bond donors (Lipinski definition) is 6. The van der Waals surface area contributed by atoms with E-state index in [0.29, 0.717) is 23.9 Å². The van der Waals surface area contributed by atoms with Crippen molar-refractivity contribution < 1.29 is 10.2 Å². The van der Waals surface area contributed by atoms with Crippen molar-refractivity contribution in [1.82, 2.24) is 21.3 Å². The number of aliphatic hydroxyl groups is 2. The molecule has 0 aliphatic carbocycles. The van der Waals surface area contributed by atoms with E-state index >= 15 is 0 Å². The Morgan fingerprint density at radius 3 is 0.763 bits per heavy atom.